The van der Waals surface area contributed by atoms with Crippen LogP contribution < -0.4 is 4.74 Å². The molecule has 1 aromatic rings. The molecule has 0 aliphatic heterocycles. The molecule has 96 valence electrons. The van der Waals surface area contributed by atoms with Crippen LogP contribution in [0.1, 0.15) is 44.6 Å². The molecule has 1 aromatic carbocycles. The largest absolute Gasteiger partial charge is 0.427 e. The van der Waals surface area contributed by atoms with Gasteiger partial charge in [-0.1, -0.05) is 43.5 Å². The third-order valence-electron chi connectivity index (χ3n) is 3.35. The maximum atomic E-state index is 10.8. The van der Waals surface area contributed by atoms with Gasteiger partial charge >= 0.3 is 5.97 Å². The Balaban J connectivity index is 1.92. The first-order valence-corrected chi connectivity index (χ1v) is 6.71. The van der Waals surface area contributed by atoms with Crippen molar-refractivity contribution in [2.75, 3.05) is 0 Å². The van der Waals surface area contributed by atoms with Crippen LogP contribution in [0, 0.1) is 5.92 Å². The fraction of sp³-hybridized carbons (Fsp3) is 0.438. The van der Waals surface area contributed by atoms with E-state index in [-0.39, 0.29) is 5.97 Å². The number of rotatable bonds is 3. The van der Waals surface area contributed by atoms with Gasteiger partial charge in [-0.25, -0.2) is 0 Å². The summed E-state index contributed by atoms with van der Waals surface area (Å²) in [5.41, 5.74) is 1.16. The molecule has 1 saturated carbocycles. The Labute approximate surface area is 109 Å². The molecule has 1 aliphatic rings. The molecule has 2 rings (SSSR count). The fourth-order valence-corrected chi connectivity index (χ4v) is 2.39. The Hall–Kier alpha value is -1.57. The maximum Gasteiger partial charge on any atom is 0.308 e. The minimum atomic E-state index is -0.277. The quantitative estimate of drug-likeness (QED) is 0.588. The fourth-order valence-electron chi connectivity index (χ4n) is 2.39. The predicted molar refractivity (Wildman–Crippen MR) is 73.4 cm³/mol. The molecular formula is C16H20O2. The number of carbonyl (C=O) groups is 1. The van der Waals surface area contributed by atoms with Crippen LogP contribution in [0.4, 0.5) is 0 Å². The first-order chi connectivity index (χ1) is 8.74. The standard InChI is InChI=1S/C16H20O2/c1-13(17)18-16-11-9-15(10-12-16)8-7-14-5-3-2-4-6-14/h7-12,14H,2-6H2,1H3/b8-7+. The summed E-state index contributed by atoms with van der Waals surface area (Å²) >= 11 is 0. The summed E-state index contributed by atoms with van der Waals surface area (Å²) < 4.78 is 5.00. The average Bonchev–Trinajstić information content (AvgIpc) is 2.38. The molecule has 0 amide bonds. The normalized spacial score (nSPS) is 16.9. The van der Waals surface area contributed by atoms with Crippen LogP contribution in [0.5, 0.6) is 5.75 Å². The summed E-state index contributed by atoms with van der Waals surface area (Å²) in [4.78, 5) is 10.8. The Kier molecular flexibility index (Phi) is 4.57. The molecular weight excluding hydrogens is 224 g/mol. The zero-order chi connectivity index (χ0) is 12.8. The number of allylic oxidation sites excluding steroid dienone is 1. The van der Waals surface area contributed by atoms with E-state index in [0.717, 1.165) is 11.5 Å². The Morgan fingerprint density at radius 1 is 1.17 bits per heavy atom. The van der Waals surface area contributed by atoms with Crippen LogP contribution in [0.15, 0.2) is 30.3 Å². The van der Waals surface area contributed by atoms with Crippen molar-refractivity contribution in [3.8, 4) is 5.75 Å². The zero-order valence-electron chi connectivity index (χ0n) is 10.9. The van der Waals surface area contributed by atoms with Gasteiger partial charge in [-0.2, -0.15) is 0 Å². The molecule has 0 radical (unpaired) electrons. The zero-order valence-corrected chi connectivity index (χ0v) is 10.9. The van der Waals surface area contributed by atoms with Gasteiger partial charge in [-0.3, -0.25) is 4.79 Å². The molecule has 0 unspecified atom stereocenters. The van der Waals surface area contributed by atoms with Gasteiger partial charge in [0.2, 0.25) is 0 Å². The van der Waals surface area contributed by atoms with Crippen LogP contribution >= 0.6 is 0 Å². The van der Waals surface area contributed by atoms with Gasteiger partial charge in [0.15, 0.2) is 0 Å². The molecule has 18 heavy (non-hydrogen) atoms. The highest BCUT2D eigenvalue weighted by atomic mass is 16.5. The van der Waals surface area contributed by atoms with E-state index >= 15 is 0 Å². The average molecular weight is 244 g/mol. The SMILES string of the molecule is CC(=O)Oc1ccc(/C=C/C2CCCCC2)cc1. The molecule has 0 aromatic heterocycles. The van der Waals surface area contributed by atoms with Gasteiger partial charge in [-0.05, 0) is 36.5 Å². The van der Waals surface area contributed by atoms with Crippen molar-refractivity contribution in [2.24, 2.45) is 5.92 Å². The van der Waals surface area contributed by atoms with Crippen molar-refractivity contribution in [3.63, 3.8) is 0 Å². The van der Waals surface area contributed by atoms with Crippen molar-refractivity contribution in [1.82, 2.24) is 0 Å². The molecule has 0 saturated heterocycles. The molecule has 1 fully saturated rings. The highest BCUT2D eigenvalue weighted by molar-refractivity contribution is 5.69. The topological polar surface area (TPSA) is 26.3 Å². The molecule has 0 N–H and O–H groups in total. The molecule has 0 atom stereocenters. The minimum Gasteiger partial charge on any atom is -0.427 e. The van der Waals surface area contributed by atoms with Gasteiger partial charge < -0.3 is 4.74 Å². The molecule has 2 heteroatoms. The smallest absolute Gasteiger partial charge is 0.308 e. The first-order valence-electron chi connectivity index (χ1n) is 6.71. The summed E-state index contributed by atoms with van der Waals surface area (Å²) in [5, 5.41) is 0. The van der Waals surface area contributed by atoms with E-state index in [0.29, 0.717) is 5.75 Å². The molecule has 1 aliphatic carbocycles. The monoisotopic (exact) mass is 244 g/mol. The van der Waals surface area contributed by atoms with Gasteiger partial charge in [-0.15, -0.1) is 0 Å². The molecule has 0 spiro atoms. The van der Waals surface area contributed by atoms with E-state index in [1.807, 2.05) is 24.3 Å². The Morgan fingerprint density at radius 2 is 1.83 bits per heavy atom. The lowest BCUT2D eigenvalue weighted by Gasteiger charge is -2.17. The maximum absolute atomic E-state index is 10.8. The molecule has 2 nitrogen and oxygen atoms in total. The lowest BCUT2D eigenvalue weighted by molar-refractivity contribution is -0.131. The van der Waals surface area contributed by atoms with Crippen LogP contribution in [-0.2, 0) is 4.79 Å². The van der Waals surface area contributed by atoms with Gasteiger partial charge in [0.25, 0.3) is 0 Å². The van der Waals surface area contributed by atoms with Gasteiger partial charge in [0.1, 0.15) is 5.75 Å². The van der Waals surface area contributed by atoms with E-state index in [2.05, 4.69) is 12.2 Å². The number of hydrogen-bond acceptors (Lipinski definition) is 2. The molecule has 0 bridgehead atoms. The summed E-state index contributed by atoms with van der Waals surface area (Å²) in [5.74, 6) is 1.07. The number of hydrogen-bond donors (Lipinski definition) is 0. The van der Waals surface area contributed by atoms with Crippen LogP contribution in [0.25, 0.3) is 6.08 Å². The molecule has 0 heterocycles. The summed E-state index contributed by atoms with van der Waals surface area (Å²) in [6.07, 6.45) is 11.2. The number of esters is 1. The van der Waals surface area contributed by atoms with Gasteiger partial charge in [0, 0.05) is 6.92 Å². The number of benzene rings is 1. The summed E-state index contributed by atoms with van der Waals surface area (Å²) in [7, 11) is 0. The van der Waals surface area contributed by atoms with Crippen molar-refractivity contribution in [3.05, 3.63) is 35.9 Å². The Morgan fingerprint density at radius 3 is 2.44 bits per heavy atom. The third kappa shape index (κ3) is 4.02. The summed E-state index contributed by atoms with van der Waals surface area (Å²) in [6, 6.07) is 7.64. The van der Waals surface area contributed by atoms with Crippen LogP contribution in [-0.4, -0.2) is 5.97 Å². The lowest BCUT2D eigenvalue weighted by atomic mass is 9.89. The van der Waals surface area contributed by atoms with Gasteiger partial charge in [0.05, 0.1) is 0 Å². The number of ether oxygens (including phenoxy) is 1. The Bertz CT molecular complexity index is 411. The van der Waals surface area contributed by atoms with Crippen molar-refractivity contribution >= 4 is 12.0 Å². The third-order valence-corrected chi connectivity index (χ3v) is 3.35. The van der Waals surface area contributed by atoms with Crippen molar-refractivity contribution < 1.29 is 9.53 Å². The van der Waals surface area contributed by atoms with Crippen molar-refractivity contribution in [2.45, 2.75) is 39.0 Å². The van der Waals surface area contributed by atoms with E-state index < -0.39 is 0 Å². The van der Waals surface area contributed by atoms with Crippen LogP contribution in [0.2, 0.25) is 0 Å². The van der Waals surface area contributed by atoms with E-state index in [9.17, 15) is 4.79 Å². The van der Waals surface area contributed by atoms with Crippen LogP contribution in [0.3, 0.4) is 0 Å². The van der Waals surface area contributed by atoms with E-state index in [4.69, 9.17) is 4.74 Å². The second-order valence-corrected chi connectivity index (χ2v) is 4.92. The minimum absolute atomic E-state index is 0.277. The van der Waals surface area contributed by atoms with E-state index in [1.165, 1.54) is 39.0 Å². The highest BCUT2D eigenvalue weighted by Crippen LogP contribution is 2.25. The second-order valence-electron chi connectivity index (χ2n) is 4.92. The second kappa shape index (κ2) is 6.39. The highest BCUT2D eigenvalue weighted by Gasteiger charge is 2.09. The lowest BCUT2D eigenvalue weighted by Crippen LogP contribution is -2.02. The van der Waals surface area contributed by atoms with E-state index in [1.54, 1.807) is 0 Å². The van der Waals surface area contributed by atoms with Crippen molar-refractivity contribution in [1.29, 1.82) is 0 Å². The predicted octanol–water partition coefficient (Wildman–Crippen LogP) is 4.21. The number of carbonyl (C=O) groups excluding carboxylic acids is 1. The summed E-state index contributed by atoms with van der Waals surface area (Å²) in [6.45, 7) is 1.41. The first kappa shape index (κ1) is 12.9.